The van der Waals surface area contributed by atoms with Gasteiger partial charge < -0.3 is 18.9 Å². The molecule has 0 radical (unpaired) electrons. The fraction of sp³-hybridized carbons (Fsp3) is 0.727. The molecule has 31 heavy (non-hydrogen) atoms. The summed E-state index contributed by atoms with van der Waals surface area (Å²) in [6.45, 7) is 14.8. The molecular formula is C22H37NO8. The Bertz CT molecular complexity index is 649. The number of hydrogen-bond acceptors (Lipinski definition) is 8. The van der Waals surface area contributed by atoms with Gasteiger partial charge >= 0.3 is 24.1 Å². The summed E-state index contributed by atoms with van der Waals surface area (Å²) in [6, 6.07) is -1.33. The highest BCUT2D eigenvalue weighted by atomic mass is 16.6. The van der Waals surface area contributed by atoms with Gasteiger partial charge in [-0.05, 0) is 75.2 Å². The minimum Gasteiger partial charge on any atom is -0.466 e. The summed E-state index contributed by atoms with van der Waals surface area (Å²) < 4.78 is 20.6. The van der Waals surface area contributed by atoms with Gasteiger partial charge in [-0.3, -0.25) is 0 Å². The van der Waals surface area contributed by atoms with Gasteiger partial charge in [-0.1, -0.05) is 6.08 Å². The second-order valence-corrected chi connectivity index (χ2v) is 9.88. The van der Waals surface area contributed by atoms with Crippen molar-refractivity contribution < 1.29 is 38.1 Å². The van der Waals surface area contributed by atoms with Crippen LogP contribution in [-0.2, 0) is 28.5 Å². The molecule has 0 aliphatic rings. The zero-order chi connectivity index (χ0) is 24.6. The maximum atomic E-state index is 12.9. The van der Waals surface area contributed by atoms with Crippen LogP contribution in [0.5, 0.6) is 0 Å². The van der Waals surface area contributed by atoms with Gasteiger partial charge in [0, 0.05) is 6.08 Å². The molecule has 1 atom stereocenters. The molecule has 0 aromatic heterocycles. The van der Waals surface area contributed by atoms with E-state index in [2.05, 4.69) is 4.74 Å². The van der Waals surface area contributed by atoms with Crippen LogP contribution in [0.2, 0.25) is 0 Å². The first-order chi connectivity index (χ1) is 13.9. The minimum absolute atomic E-state index is 0.0130. The third kappa shape index (κ3) is 12.7. The summed E-state index contributed by atoms with van der Waals surface area (Å²) in [5.41, 5.74) is -2.69. The highest BCUT2D eigenvalue weighted by molar-refractivity contribution is 5.94. The number of methoxy groups -OCH3 is 1. The van der Waals surface area contributed by atoms with Gasteiger partial charge in [0.15, 0.2) is 0 Å². The maximum Gasteiger partial charge on any atom is 0.420 e. The largest absolute Gasteiger partial charge is 0.466 e. The molecule has 0 rings (SSSR count). The molecule has 1 unspecified atom stereocenters. The van der Waals surface area contributed by atoms with Crippen molar-refractivity contribution in [2.24, 2.45) is 0 Å². The zero-order valence-electron chi connectivity index (χ0n) is 20.4. The van der Waals surface area contributed by atoms with E-state index in [0.29, 0.717) is 4.90 Å². The molecule has 9 nitrogen and oxygen atoms in total. The fourth-order valence-corrected chi connectivity index (χ4v) is 2.18. The number of carbonyl (C=O) groups excluding carboxylic acids is 4. The number of amides is 2. The third-order valence-corrected chi connectivity index (χ3v) is 3.23. The van der Waals surface area contributed by atoms with E-state index in [0.717, 1.165) is 0 Å². The summed E-state index contributed by atoms with van der Waals surface area (Å²) >= 11 is 0. The molecule has 178 valence electrons. The molecule has 0 aromatic carbocycles. The molecule has 0 spiro atoms. The number of imide groups is 1. The molecular weight excluding hydrogens is 406 g/mol. The van der Waals surface area contributed by atoms with E-state index < -0.39 is 47.0 Å². The first kappa shape index (κ1) is 28.4. The van der Waals surface area contributed by atoms with Crippen molar-refractivity contribution in [3.05, 3.63) is 12.2 Å². The van der Waals surface area contributed by atoms with Crippen LogP contribution < -0.4 is 0 Å². The molecule has 0 bridgehead atoms. The van der Waals surface area contributed by atoms with Crippen molar-refractivity contribution in [2.75, 3.05) is 7.11 Å². The summed E-state index contributed by atoms with van der Waals surface area (Å²) in [6.07, 6.45) is 0.773. The number of allylic oxidation sites excluding steroid dienone is 1. The molecule has 0 aliphatic heterocycles. The van der Waals surface area contributed by atoms with Crippen molar-refractivity contribution in [3.63, 3.8) is 0 Å². The molecule has 0 aromatic rings. The van der Waals surface area contributed by atoms with Crippen LogP contribution in [-0.4, -0.2) is 59.0 Å². The number of hydrogen-bond donors (Lipinski definition) is 0. The average Bonchev–Trinajstić information content (AvgIpc) is 2.51. The monoisotopic (exact) mass is 443 g/mol. The first-order valence-corrected chi connectivity index (χ1v) is 10.1. The number of esters is 2. The smallest absolute Gasteiger partial charge is 0.420 e. The quantitative estimate of drug-likeness (QED) is 0.338. The lowest BCUT2D eigenvalue weighted by molar-refractivity contribution is -0.161. The van der Waals surface area contributed by atoms with Crippen LogP contribution >= 0.6 is 0 Å². The molecule has 9 heteroatoms. The Labute approximate surface area is 185 Å². The highest BCUT2D eigenvalue weighted by Gasteiger charge is 2.41. The topological polar surface area (TPSA) is 108 Å². The standard InChI is InChI=1S/C22H37NO8/c1-20(2,3)29-17(25)15(13-11-12-14-16(24)28-10)23(18(26)30-21(4,5)6)19(27)31-22(7,8)9/h12,14-15H,11,13H2,1-10H3. The zero-order valence-corrected chi connectivity index (χ0v) is 20.4. The Hall–Kier alpha value is -2.58. The van der Waals surface area contributed by atoms with E-state index in [1.807, 2.05) is 0 Å². The first-order valence-electron chi connectivity index (χ1n) is 10.1. The van der Waals surface area contributed by atoms with Crippen LogP contribution in [0.1, 0.15) is 75.2 Å². The lowest BCUT2D eigenvalue weighted by atomic mass is 10.1. The summed E-state index contributed by atoms with van der Waals surface area (Å²) in [4.78, 5) is 50.6. The van der Waals surface area contributed by atoms with Gasteiger partial charge in [0.1, 0.15) is 22.8 Å². The van der Waals surface area contributed by atoms with Crippen molar-refractivity contribution in [3.8, 4) is 0 Å². The van der Waals surface area contributed by atoms with Gasteiger partial charge in [0.05, 0.1) is 7.11 Å². The minimum atomic E-state index is -1.33. The second-order valence-electron chi connectivity index (χ2n) is 9.88. The Balaban J connectivity index is 6.04. The van der Waals surface area contributed by atoms with E-state index in [-0.39, 0.29) is 12.8 Å². The predicted octanol–water partition coefficient (Wildman–Crippen LogP) is 4.38. The molecule has 2 amide bonds. The Morgan fingerprint density at radius 1 is 0.774 bits per heavy atom. The van der Waals surface area contributed by atoms with Gasteiger partial charge in [-0.15, -0.1) is 0 Å². The van der Waals surface area contributed by atoms with Crippen LogP contribution in [0.25, 0.3) is 0 Å². The molecule has 0 aliphatic carbocycles. The van der Waals surface area contributed by atoms with Gasteiger partial charge in [-0.25, -0.2) is 19.2 Å². The van der Waals surface area contributed by atoms with E-state index in [9.17, 15) is 19.2 Å². The second kappa shape index (κ2) is 11.2. The number of ether oxygens (including phenoxy) is 4. The molecule has 0 saturated carbocycles. The van der Waals surface area contributed by atoms with E-state index >= 15 is 0 Å². The van der Waals surface area contributed by atoms with Crippen molar-refractivity contribution in [1.82, 2.24) is 4.90 Å². The van der Waals surface area contributed by atoms with E-state index in [4.69, 9.17) is 14.2 Å². The van der Waals surface area contributed by atoms with Crippen LogP contribution in [0.4, 0.5) is 9.59 Å². The number of rotatable bonds is 6. The predicted molar refractivity (Wildman–Crippen MR) is 114 cm³/mol. The summed E-state index contributed by atoms with van der Waals surface area (Å²) in [7, 11) is 1.24. The van der Waals surface area contributed by atoms with Gasteiger partial charge in [0.2, 0.25) is 0 Å². The van der Waals surface area contributed by atoms with Crippen LogP contribution in [0.15, 0.2) is 12.2 Å². The fourth-order valence-electron chi connectivity index (χ4n) is 2.18. The maximum absolute atomic E-state index is 12.9. The van der Waals surface area contributed by atoms with Gasteiger partial charge in [-0.2, -0.15) is 4.90 Å². The molecule has 0 N–H and O–H groups in total. The molecule has 0 fully saturated rings. The number of carbonyl (C=O) groups is 4. The van der Waals surface area contributed by atoms with Crippen LogP contribution in [0, 0.1) is 0 Å². The van der Waals surface area contributed by atoms with Crippen molar-refractivity contribution >= 4 is 24.1 Å². The normalized spacial score (nSPS) is 13.4. The third-order valence-electron chi connectivity index (χ3n) is 3.23. The SMILES string of the molecule is COC(=O)C=CCCC(C(=O)OC(C)(C)C)N(C(=O)OC(C)(C)C)C(=O)OC(C)(C)C. The van der Waals surface area contributed by atoms with E-state index in [1.165, 1.54) is 19.3 Å². The lowest BCUT2D eigenvalue weighted by Crippen LogP contribution is -2.53. The van der Waals surface area contributed by atoms with E-state index in [1.54, 1.807) is 62.3 Å². The van der Waals surface area contributed by atoms with Crippen LogP contribution in [0.3, 0.4) is 0 Å². The Kier molecular flexibility index (Phi) is 10.2. The molecule has 0 saturated heterocycles. The Morgan fingerprint density at radius 2 is 1.19 bits per heavy atom. The Morgan fingerprint density at radius 3 is 1.55 bits per heavy atom. The lowest BCUT2D eigenvalue weighted by Gasteiger charge is -2.33. The summed E-state index contributed by atoms with van der Waals surface area (Å²) in [5.74, 6) is -1.36. The average molecular weight is 444 g/mol. The molecule has 0 heterocycles. The van der Waals surface area contributed by atoms with Crippen molar-refractivity contribution in [2.45, 2.75) is 98.0 Å². The van der Waals surface area contributed by atoms with Gasteiger partial charge in [0.25, 0.3) is 0 Å². The highest BCUT2D eigenvalue weighted by Crippen LogP contribution is 2.22. The summed E-state index contributed by atoms with van der Waals surface area (Å²) in [5, 5.41) is 0. The van der Waals surface area contributed by atoms with Crippen molar-refractivity contribution in [1.29, 1.82) is 0 Å². The number of nitrogens with zero attached hydrogens (tertiary/aromatic N) is 1.